The van der Waals surface area contributed by atoms with E-state index in [0.717, 1.165) is 12.8 Å². The second-order valence-corrected chi connectivity index (χ2v) is 5.65. The molecular weight excluding hydrogens is 192 g/mol. The summed E-state index contributed by atoms with van der Waals surface area (Å²) in [7, 11) is 0. The van der Waals surface area contributed by atoms with Gasteiger partial charge in [-0.2, -0.15) is 0 Å². The molecule has 1 saturated carbocycles. The van der Waals surface area contributed by atoms with Crippen LogP contribution in [0.4, 0.5) is 0 Å². The van der Waals surface area contributed by atoms with E-state index in [-0.39, 0.29) is 11.5 Å². The van der Waals surface area contributed by atoms with Gasteiger partial charge in [0, 0.05) is 0 Å². The fourth-order valence-corrected chi connectivity index (χ4v) is 2.61. The number of aliphatic hydroxyl groups is 1. The fourth-order valence-electron chi connectivity index (χ4n) is 2.61. The van der Waals surface area contributed by atoms with E-state index in [1.807, 2.05) is 0 Å². The van der Waals surface area contributed by atoms with Gasteiger partial charge in [-0.3, -0.25) is 0 Å². The van der Waals surface area contributed by atoms with Crippen LogP contribution in [0.5, 0.6) is 0 Å². The van der Waals surface area contributed by atoms with Crippen molar-refractivity contribution in [1.82, 2.24) is 0 Å². The monoisotopic (exact) mass is 214 g/mol. The normalized spacial score (nSPS) is 32.1. The van der Waals surface area contributed by atoms with Crippen LogP contribution >= 0.6 is 0 Å². The Hall–Kier alpha value is -0.570. The van der Waals surface area contributed by atoms with Gasteiger partial charge in [0.1, 0.15) is 12.2 Å². The van der Waals surface area contributed by atoms with Crippen molar-refractivity contribution in [3.8, 4) is 0 Å². The Balaban J connectivity index is 2.52. The van der Waals surface area contributed by atoms with Gasteiger partial charge in [-0.05, 0) is 37.5 Å². The highest BCUT2D eigenvalue weighted by Crippen LogP contribution is 2.39. The van der Waals surface area contributed by atoms with Crippen LogP contribution in [0, 0.1) is 11.3 Å². The van der Waals surface area contributed by atoms with E-state index in [0.29, 0.717) is 5.92 Å². The Morgan fingerprint density at radius 2 is 2.07 bits per heavy atom. The van der Waals surface area contributed by atoms with Crippen molar-refractivity contribution in [2.75, 3.05) is 0 Å². The van der Waals surface area contributed by atoms with E-state index in [9.17, 15) is 4.79 Å². The number of hydrogen-bond acceptors (Lipinski definition) is 3. The highest BCUT2D eigenvalue weighted by molar-refractivity contribution is 5.73. The van der Waals surface area contributed by atoms with Crippen molar-refractivity contribution in [1.29, 1.82) is 0 Å². The molecule has 88 valence electrons. The molecule has 3 nitrogen and oxygen atoms in total. The maximum Gasteiger partial charge on any atom is 0.334 e. The summed E-state index contributed by atoms with van der Waals surface area (Å²) < 4.78 is 5.27. The number of carbonyl (C=O) groups is 1. The number of hydrogen-bond donors (Lipinski definition) is 1. The van der Waals surface area contributed by atoms with Crippen molar-refractivity contribution >= 4 is 5.97 Å². The quantitative estimate of drug-likeness (QED) is 0.716. The molecule has 0 aromatic heterocycles. The van der Waals surface area contributed by atoms with Crippen LogP contribution in [-0.4, -0.2) is 23.3 Å². The Bertz CT molecular complexity index is 233. The van der Waals surface area contributed by atoms with Crippen LogP contribution in [0.1, 0.15) is 47.0 Å². The molecule has 0 aliphatic heterocycles. The zero-order valence-electron chi connectivity index (χ0n) is 10.1. The lowest BCUT2D eigenvalue weighted by Gasteiger charge is -2.38. The summed E-state index contributed by atoms with van der Waals surface area (Å²) in [5.74, 6) is 0.0884. The second kappa shape index (κ2) is 4.52. The zero-order chi connectivity index (χ0) is 11.6. The highest BCUT2D eigenvalue weighted by Gasteiger charge is 2.34. The first-order valence-electron chi connectivity index (χ1n) is 5.69. The maximum atomic E-state index is 11.3. The average Bonchev–Trinajstić information content (AvgIpc) is 1.99. The van der Waals surface area contributed by atoms with Crippen LogP contribution in [0.2, 0.25) is 0 Å². The molecule has 15 heavy (non-hydrogen) atoms. The van der Waals surface area contributed by atoms with Gasteiger partial charge in [-0.1, -0.05) is 20.8 Å². The van der Waals surface area contributed by atoms with Gasteiger partial charge in [0.25, 0.3) is 0 Å². The molecule has 0 heterocycles. The topological polar surface area (TPSA) is 46.5 Å². The summed E-state index contributed by atoms with van der Waals surface area (Å²) in [5.41, 5.74) is 0.237. The predicted octanol–water partition coefficient (Wildman–Crippen LogP) is 2.13. The van der Waals surface area contributed by atoms with E-state index in [2.05, 4.69) is 20.8 Å². The van der Waals surface area contributed by atoms with E-state index in [1.54, 1.807) is 0 Å². The first kappa shape index (κ1) is 12.5. The maximum absolute atomic E-state index is 11.3. The van der Waals surface area contributed by atoms with Gasteiger partial charge in [0.05, 0.1) is 0 Å². The summed E-state index contributed by atoms with van der Waals surface area (Å²) in [5, 5.41) is 9.07. The smallest absolute Gasteiger partial charge is 0.334 e. The summed E-state index contributed by atoms with van der Waals surface area (Å²) in [6, 6.07) is 0. The lowest BCUT2D eigenvalue weighted by atomic mass is 9.71. The first-order valence-corrected chi connectivity index (χ1v) is 5.69. The van der Waals surface area contributed by atoms with Gasteiger partial charge in [-0.15, -0.1) is 0 Å². The summed E-state index contributed by atoms with van der Waals surface area (Å²) in [4.78, 5) is 11.3. The molecule has 1 aliphatic rings. The third-order valence-electron chi connectivity index (χ3n) is 2.97. The van der Waals surface area contributed by atoms with E-state index < -0.39 is 12.1 Å². The number of carbonyl (C=O) groups excluding carboxylic acids is 1. The molecule has 1 fully saturated rings. The van der Waals surface area contributed by atoms with Gasteiger partial charge in [0.2, 0.25) is 0 Å². The third kappa shape index (κ3) is 3.82. The van der Waals surface area contributed by atoms with E-state index >= 15 is 0 Å². The largest absolute Gasteiger partial charge is 0.460 e. The minimum atomic E-state index is -1.01. The van der Waals surface area contributed by atoms with Crippen LogP contribution in [0.15, 0.2) is 0 Å². The SMILES string of the molecule is CC1CC(OC(=O)C(C)O)CC(C)(C)C1. The van der Waals surface area contributed by atoms with Crippen LogP contribution < -0.4 is 0 Å². The Labute approximate surface area is 91.8 Å². The van der Waals surface area contributed by atoms with Crippen LogP contribution in [0.3, 0.4) is 0 Å². The molecule has 0 bridgehead atoms. The fraction of sp³-hybridized carbons (Fsp3) is 0.917. The molecule has 3 unspecified atom stereocenters. The van der Waals surface area contributed by atoms with Crippen molar-refractivity contribution in [2.24, 2.45) is 11.3 Å². The molecule has 1 N–H and O–H groups in total. The Kier molecular flexibility index (Phi) is 3.77. The first-order chi connectivity index (χ1) is 6.80. The average molecular weight is 214 g/mol. The second-order valence-electron chi connectivity index (χ2n) is 5.65. The van der Waals surface area contributed by atoms with E-state index in [1.165, 1.54) is 13.3 Å². The summed E-state index contributed by atoms with van der Waals surface area (Å²) in [6.45, 7) is 8.03. The third-order valence-corrected chi connectivity index (χ3v) is 2.97. The molecule has 0 amide bonds. The molecule has 1 aliphatic carbocycles. The Morgan fingerprint density at radius 1 is 1.47 bits per heavy atom. The standard InChI is InChI=1S/C12H22O3/c1-8-5-10(7-12(3,4)6-8)15-11(14)9(2)13/h8-10,13H,5-7H2,1-4H3. The van der Waals surface area contributed by atoms with Crippen molar-refractivity contribution in [3.05, 3.63) is 0 Å². The molecule has 3 heteroatoms. The number of rotatable bonds is 2. The molecular formula is C12H22O3. The molecule has 0 saturated heterocycles. The van der Waals surface area contributed by atoms with Crippen molar-refractivity contribution in [2.45, 2.75) is 59.2 Å². The van der Waals surface area contributed by atoms with Gasteiger partial charge < -0.3 is 9.84 Å². The number of aliphatic hydroxyl groups excluding tert-OH is 1. The summed E-state index contributed by atoms with van der Waals surface area (Å²) in [6.07, 6.45) is 1.96. The molecule has 0 aromatic carbocycles. The highest BCUT2D eigenvalue weighted by atomic mass is 16.6. The summed E-state index contributed by atoms with van der Waals surface area (Å²) >= 11 is 0. The number of ether oxygens (including phenoxy) is 1. The lowest BCUT2D eigenvalue weighted by molar-refractivity contribution is -0.162. The molecule has 0 radical (unpaired) electrons. The Morgan fingerprint density at radius 3 is 2.53 bits per heavy atom. The minimum Gasteiger partial charge on any atom is -0.460 e. The minimum absolute atomic E-state index is 0.0224. The zero-order valence-corrected chi connectivity index (χ0v) is 10.1. The van der Waals surface area contributed by atoms with Crippen molar-refractivity contribution < 1.29 is 14.6 Å². The van der Waals surface area contributed by atoms with Crippen molar-refractivity contribution in [3.63, 3.8) is 0 Å². The predicted molar refractivity (Wildman–Crippen MR) is 58.4 cm³/mol. The van der Waals surface area contributed by atoms with Gasteiger partial charge in [0.15, 0.2) is 0 Å². The molecule has 0 spiro atoms. The van der Waals surface area contributed by atoms with E-state index in [4.69, 9.17) is 9.84 Å². The number of esters is 1. The molecule has 1 rings (SSSR count). The van der Waals surface area contributed by atoms with Crippen LogP contribution in [0.25, 0.3) is 0 Å². The van der Waals surface area contributed by atoms with Gasteiger partial charge in [-0.25, -0.2) is 4.79 Å². The molecule has 3 atom stereocenters. The lowest BCUT2D eigenvalue weighted by Crippen LogP contribution is -2.35. The van der Waals surface area contributed by atoms with Gasteiger partial charge >= 0.3 is 5.97 Å². The van der Waals surface area contributed by atoms with Crippen LogP contribution in [-0.2, 0) is 9.53 Å². The molecule has 0 aromatic rings.